The van der Waals surface area contributed by atoms with E-state index in [1.165, 1.54) is 16.9 Å². The maximum Gasteiger partial charge on any atom is 0.292 e. The molecule has 0 aliphatic carbocycles. The fourth-order valence-corrected chi connectivity index (χ4v) is 2.32. The Morgan fingerprint density at radius 3 is 2.57 bits per heavy atom. The zero-order valence-corrected chi connectivity index (χ0v) is 11.1. The van der Waals surface area contributed by atoms with Crippen LogP contribution in [-0.2, 0) is 6.54 Å². The number of nitrogens with zero attached hydrogens (tertiary/aromatic N) is 3. The maximum absolute atomic E-state index is 12.0. The Bertz CT molecular complexity index is 742. The van der Waals surface area contributed by atoms with Gasteiger partial charge in [0.1, 0.15) is 6.67 Å². The SMILES string of the molecule is NN1CN(Cc2ccccc2)n2ccc(=O)c(O)c2C1=O. The van der Waals surface area contributed by atoms with Gasteiger partial charge in [-0.2, -0.15) is 0 Å². The summed E-state index contributed by atoms with van der Waals surface area (Å²) >= 11 is 0. The van der Waals surface area contributed by atoms with Gasteiger partial charge in [-0.3, -0.25) is 24.3 Å². The summed E-state index contributed by atoms with van der Waals surface area (Å²) in [5.74, 6) is 4.50. The monoisotopic (exact) mass is 286 g/mol. The third kappa shape index (κ3) is 2.23. The molecular formula is C14H14N4O3. The van der Waals surface area contributed by atoms with Gasteiger partial charge in [0.05, 0.1) is 6.54 Å². The molecule has 0 spiro atoms. The smallest absolute Gasteiger partial charge is 0.292 e. The van der Waals surface area contributed by atoms with Crippen LogP contribution in [0.25, 0.3) is 0 Å². The first-order valence-corrected chi connectivity index (χ1v) is 6.38. The summed E-state index contributed by atoms with van der Waals surface area (Å²) in [5.41, 5.74) is 0.293. The number of rotatable bonds is 2. The Labute approximate surface area is 120 Å². The zero-order chi connectivity index (χ0) is 15.0. The predicted molar refractivity (Wildman–Crippen MR) is 76.0 cm³/mol. The number of aromatic nitrogens is 1. The molecule has 1 aliphatic heterocycles. The van der Waals surface area contributed by atoms with E-state index in [0.29, 0.717) is 6.54 Å². The molecule has 0 unspecified atom stereocenters. The van der Waals surface area contributed by atoms with E-state index in [9.17, 15) is 14.7 Å². The second-order valence-electron chi connectivity index (χ2n) is 4.79. The molecular weight excluding hydrogens is 272 g/mol. The minimum atomic E-state index is -0.607. The number of hydrogen-bond donors (Lipinski definition) is 2. The van der Waals surface area contributed by atoms with Crippen molar-refractivity contribution in [3.63, 3.8) is 0 Å². The number of carbonyl (C=O) groups is 1. The number of aromatic hydroxyl groups is 1. The molecule has 0 bridgehead atoms. The highest BCUT2D eigenvalue weighted by Gasteiger charge is 2.30. The number of hydrazine groups is 1. The van der Waals surface area contributed by atoms with Crippen molar-refractivity contribution in [1.82, 2.24) is 9.69 Å². The van der Waals surface area contributed by atoms with Crippen molar-refractivity contribution in [1.29, 1.82) is 0 Å². The number of pyridine rings is 1. The van der Waals surface area contributed by atoms with Crippen LogP contribution in [0.1, 0.15) is 16.1 Å². The van der Waals surface area contributed by atoms with Crippen LogP contribution in [0.5, 0.6) is 5.75 Å². The van der Waals surface area contributed by atoms with E-state index in [2.05, 4.69) is 0 Å². The van der Waals surface area contributed by atoms with Crippen molar-refractivity contribution in [3.8, 4) is 5.75 Å². The van der Waals surface area contributed by atoms with Crippen LogP contribution in [0.2, 0.25) is 0 Å². The Morgan fingerprint density at radius 1 is 1.14 bits per heavy atom. The van der Waals surface area contributed by atoms with Crippen LogP contribution >= 0.6 is 0 Å². The van der Waals surface area contributed by atoms with E-state index in [1.807, 2.05) is 30.3 Å². The summed E-state index contributed by atoms with van der Waals surface area (Å²) in [4.78, 5) is 23.6. The van der Waals surface area contributed by atoms with Gasteiger partial charge < -0.3 is 5.11 Å². The molecule has 0 saturated heterocycles. The van der Waals surface area contributed by atoms with Crippen LogP contribution in [0.3, 0.4) is 0 Å². The van der Waals surface area contributed by atoms with E-state index < -0.39 is 17.1 Å². The van der Waals surface area contributed by atoms with Gasteiger partial charge in [-0.25, -0.2) is 5.84 Å². The van der Waals surface area contributed by atoms with E-state index in [1.54, 1.807) is 5.01 Å². The van der Waals surface area contributed by atoms with Crippen LogP contribution in [0.4, 0.5) is 0 Å². The summed E-state index contributed by atoms with van der Waals surface area (Å²) in [5, 5.41) is 12.6. The normalized spacial score (nSPS) is 14.2. The molecule has 0 radical (unpaired) electrons. The van der Waals surface area contributed by atoms with Gasteiger partial charge in [0, 0.05) is 12.3 Å². The van der Waals surface area contributed by atoms with Crippen molar-refractivity contribution >= 4 is 5.91 Å². The van der Waals surface area contributed by atoms with Crippen molar-refractivity contribution in [3.05, 3.63) is 64.1 Å². The average Bonchev–Trinajstić information content (AvgIpc) is 2.48. The lowest BCUT2D eigenvalue weighted by Crippen LogP contribution is -2.56. The molecule has 1 aliphatic rings. The van der Waals surface area contributed by atoms with Gasteiger partial charge in [-0.1, -0.05) is 30.3 Å². The fraction of sp³-hybridized carbons (Fsp3) is 0.143. The third-order valence-electron chi connectivity index (χ3n) is 3.35. The minimum absolute atomic E-state index is 0.118. The number of benzene rings is 1. The molecule has 7 heteroatoms. The summed E-state index contributed by atoms with van der Waals surface area (Å²) < 4.78 is 1.47. The van der Waals surface area contributed by atoms with Gasteiger partial charge in [-0.05, 0) is 5.56 Å². The molecule has 0 saturated carbocycles. The van der Waals surface area contributed by atoms with Crippen molar-refractivity contribution in [2.75, 3.05) is 11.7 Å². The molecule has 0 fully saturated rings. The number of nitrogens with two attached hydrogens (primary N) is 1. The number of carbonyl (C=O) groups excluding carboxylic acids is 1. The van der Waals surface area contributed by atoms with Crippen molar-refractivity contribution < 1.29 is 9.90 Å². The van der Waals surface area contributed by atoms with Gasteiger partial charge in [0.2, 0.25) is 5.43 Å². The van der Waals surface area contributed by atoms with Crippen LogP contribution in [0, 0.1) is 0 Å². The topological polar surface area (TPSA) is 91.8 Å². The van der Waals surface area contributed by atoms with Crippen LogP contribution < -0.4 is 16.3 Å². The number of hydrogen-bond acceptors (Lipinski definition) is 5. The minimum Gasteiger partial charge on any atom is -0.502 e. The predicted octanol–water partition coefficient (Wildman–Crippen LogP) is -0.0209. The van der Waals surface area contributed by atoms with E-state index in [0.717, 1.165) is 10.6 Å². The molecule has 7 nitrogen and oxygen atoms in total. The van der Waals surface area contributed by atoms with Crippen molar-refractivity contribution in [2.45, 2.75) is 6.54 Å². The zero-order valence-electron chi connectivity index (χ0n) is 11.1. The summed E-state index contributed by atoms with van der Waals surface area (Å²) in [7, 11) is 0. The summed E-state index contributed by atoms with van der Waals surface area (Å²) in [6.07, 6.45) is 1.46. The quantitative estimate of drug-likeness (QED) is 0.598. The van der Waals surface area contributed by atoms with E-state index >= 15 is 0 Å². The highest BCUT2D eigenvalue weighted by atomic mass is 16.3. The lowest BCUT2D eigenvalue weighted by Gasteiger charge is -2.37. The molecule has 1 aromatic carbocycles. The highest BCUT2D eigenvalue weighted by molar-refractivity contribution is 5.95. The van der Waals surface area contributed by atoms with Gasteiger partial charge >= 0.3 is 0 Å². The van der Waals surface area contributed by atoms with Gasteiger partial charge in [0.15, 0.2) is 11.4 Å². The second kappa shape index (κ2) is 4.95. The molecule has 3 rings (SSSR count). The number of amides is 1. The molecule has 1 aromatic heterocycles. The maximum atomic E-state index is 12.0. The Balaban J connectivity index is 2.05. The molecule has 3 N–H and O–H groups in total. The molecule has 21 heavy (non-hydrogen) atoms. The van der Waals surface area contributed by atoms with E-state index in [4.69, 9.17) is 5.84 Å². The highest BCUT2D eigenvalue weighted by Crippen LogP contribution is 2.19. The van der Waals surface area contributed by atoms with Crippen molar-refractivity contribution in [2.24, 2.45) is 5.84 Å². The van der Waals surface area contributed by atoms with Gasteiger partial charge in [0.25, 0.3) is 5.91 Å². The Morgan fingerprint density at radius 2 is 1.86 bits per heavy atom. The third-order valence-corrected chi connectivity index (χ3v) is 3.35. The largest absolute Gasteiger partial charge is 0.502 e. The molecule has 2 heterocycles. The summed E-state index contributed by atoms with van der Waals surface area (Å²) in [6, 6.07) is 10.8. The first-order chi connectivity index (χ1) is 10.1. The first kappa shape index (κ1) is 13.2. The average molecular weight is 286 g/mol. The lowest BCUT2D eigenvalue weighted by atomic mass is 10.2. The van der Waals surface area contributed by atoms with Crippen LogP contribution in [0.15, 0.2) is 47.4 Å². The van der Waals surface area contributed by atoms with E-state index in [-0.39, 0.29) is 12.4 Å². The fourth-order valence-electron chi connectivity index (χ4n) is 2.32. The molecule has 108 valence electrons. The lowest BCUT2D eigenvalue weighted by molar-refractivity contribution is 0.0685. The Hall–Kier alpha value is -2.80. The summed E-state index contributed by atoms with van der Waals surface area (Å²) in [6.45, 7) is 0.639. The van der Waals surface area contributed by atoms with Gasteiger partial charge in [-0.15, -0.1) is 0 Å². The molecule has 1 amide bonds. The number of fused-ring (bicyclic) bond motifs is 1. The molecule has 2 aromatic rings. The Kier molecular flexibility index (Phi) is 3.11. The standard InChI is InChI=1S/C14H14N4O3/c15-17-9-16(8-10-4-2-1-3-5-10)18-7-6-11(19)13(20)12(18)14(17)21/h1-7,20H,8-9,15H2. The second-order valence-corrected chi connectivity index (χ2v) is 4.79. The van der Waals surface area contributed by atoms with Crippen LogP contribution in [-0.4, -0.2) is 27.4 Å². The molecule has 0 atom stereocenters. The first-order valence-electron chi connectivity index (χ1n) is 6.38.